The molecule has 1 amide bonds. The van der Waals surface area contributed by atoms with Crippen LogP contribution in [0, 0.1) is 13.8 Å². The van der Waals surface area contributed by atoms with Crippen molar-refractivity contribution in [3.05, 3.63) is 51.6 Å². The van der Waals surface area contributed by atoms with Crippen LogP contribution in [-0.2, 0) is 13.6 Å². The van der Waals surface area contributed by atoms with E-state index >= 15 is 0 Å². The maximum Gasteiger partial charge on any atom is 0.253 e. The number of nitrogens with zero attached hydrogens (tertiary/aromatic N) is 2. The number of carbonyl (C=O) groups excluding carboxylic acids is 1. The summed E-state index contributed by atoms with van der Waals surface area (Å²) in [6.45, 7) is 4.48. The van der Waals surface area contributed by atoms with Crippen molar-refractivity contribution in [3.63, 3.8) is 0 Å². The SMILES string of the molecule is Cc1nc(C)c(CNC(=O)c2cn(C)c3ccccc23)s1. The van der Waals surface area contributed by atoms with Crippen LogP contribution in [0.3, 0.4) is 0 Å². The van der Waals surface area contributed by atoms with E-state index in [2.05, 4.69) is 10.3 Å². The van der Waals surface area contributed by atoms with Crippen molar-refractivity contribution in [1.82, 2.24) is 14.9 Å². The lowest BCUT2D eigenvalue weighted by atomic mass is 10.1. The van der Waals surface area contributed by atoms with Gasteiger partial charge >= 0.3 is 0 Å². The van der Waals surface area contributed by atoms with Crippen LogP contribution in [0.15, 0.2) is 30.5 Å². The molecule has 0 radical (unpaired) electrons. The first-order valence-corrected chi connectivity index (χ1v) is 7.63. The maximum atomic E-state index is 12.4. The van der Waals surface area contributed by atoms with E-state index in [1.165, 1.54) is 0 Å². The summed E-state index contributed by atoms with van der Waals surface area (Å²) in [4.78, 5) is 17.9. The summed E-state index contributed by atoms with van der Waals surface area (Å²) in [5.41, 5.74) is 2.77. The highest BCUT2D eigenvalue weighted by atomic mass is 32.1. The van der Waals surface area contributed by atoms with Gasteiger partial charge in [-0.05, 0) is 19.9 Å². The van der Waals surface area contributed by atoms with E-state index in [1.54, 1.807) is 11.3 Å². The summed E-state index contributed by atoms with van der Waals surface area (Å²) in [5, 5.41) is 5.00. The molecular formula is C16H17N3OS. The van der Waals surface area contributed by atoms with Crippen LogP contribution in [-0.4, -0.2) is 15.5 Å². The predicted molar refractivity (Wildman–Crippen MR) is 85.7 cm³/mol. The topological polar surface area (TPSA) is 46.9 Å². The Bertz CT molecular complexity index is 816. The molecule has 5 heteroatoms. The lowest BCUT2D eigenvalue weighted by Gasteiger charge is -2.03. The molecule has 0 atom stereocenters. The first-order valence-electron chi connectivity index (χ1n) is 6.81. The fourth-order valence-corrected chi connectivity index (χ4v) is 3.39. The summed E-state index contributed by atoms with van der Waals surface area (Å²) in [6, 6.07) is 7.93. The Labute approximate surface area is 127 Å². The van der Waals surface area contributed by atoms with Crippen molar-refractivity contribution < 1.29 is 4.79 Å². The minimum Gasteiger partial charge on any atom is -0.350 e. The Kier molecular flexibility index (Phi) is 3.51. The fraction of sp³-hybridized carbons (Fsp3) is 0.250. The number of aromatic nitrogens is 2. The minimum atomic E-state index is -0.0442. The van der Waals surface area contributed by atoms with Gasteiger partial charge in [0.1, 0.15) is 0 Å². The molecule has 0 aliphatic rings. The molecule has 0 saturated heterocycles. The molecule has 4 nitrogen and oxygen atoms in total. The van der Waals surface area contributed by atoms with Crippen molar-refractivity contribution in [2.24, 2.45) is 7.05 Å². The number of benzene rings is 1. The zero-order chi connectivity index (χ0) is 15.0. The lowest BCUT2D eigenvalue weighted by molar-refractivity contribution is 0.0952. The quantitative estimate of drug-likeness (QED) is 0.807. The molecule has 1 aromatic carbocycles. The summed E-state index contributed by atoms with van der Waals surface area (Å²) in [7, 11) is 1.95. The van der Waals surface area contributed by atoms with Gasteiger partial charge in [-0.1, -0.05) is 18.2 Å². The van der Waals surface area contributed by atoms with Crippen LogP contribution in [0.5, 0.6) is 0 Å². The number of para-hydroxylation sites is 1. The van der Waals surface area contributed by atoms with Gasteiger partial charge in [-0.2, -0.15) is 0 Å². The van der Waals surface area contributed by atoms with Crippen LogP contribution >= 0.6 is 11.3 Å². The molecule has 0 unspecified atom stereocenters. The van der Waals surface area contributed by atoms with Crippen molar-refractivity contribution in [1.29, 1.82) is 0 Å². The van der Waals surface area contributed by atoms with Crippen molar-refractivity contribution in [2.75, 3.05) is 0 Å². The molecule has 0 saturated carbocycles. The van der Waals surface area contributed by atoms with E-state index in [4.69, 9.17) is 0 Å². The van der Waals surface area contributed by atoms with Crippen molar-refractivity contribution in [3.8, 4) is 0 Å². The summed E-state index contributed by atoms with van der Waals surface area (Å²) < 4.78 is 1.98. The average Bonchev–Trinajstić information content (AvgIpc) is 2.97. The first kappa shape index (κ1) is 13.8. The molecule has 0 aliphatic carbocycles. The highest BCUT2D eigenvalue weighted by Crippen LogP contribution is 2.21. The smallest absolute Gasteiger partial charge is 0.253 e. The van der Waals surface area contributed by atoms with Gasteiger partial charge in [0.05, 0.1) is 22.8 Å². The number of carbonyl (C=O) groups is 1. The van der Waals surface area contributed by atoms with Crippen molar-refractivity contribution in [2.45, 2.75) is 20.4 Å². The second-order valence-corrected chi connectivity index (χ2v) is 6.38. The molecule has 0 fully saturated rings. The molecular weight excluding hydrogens is 282 g/mol. The minimum absolute atomic E-state index is 0.0442. The molecule has 1 N–H and O–H groups in total. The van der Waals surface area contributed by atoms with Gasteiger partial charge < -0.3 is 9.88 Å². The second kappa shape index (κ2) is 5.33. The summed E-state index contributed by atoms with van der Waals surface area (Å²) in [5.74, 6) is -0.0442. The zero-order valence-corrected chi connectivity index (χ0v) is 13.1. The molecule has 0 bridgehead atoms. The number of fused-ring (bicyclic) bond motifs is 1. The van der Waals surface area contributed by atoms with E-state index in [0.717, 1.165) is 26.5 Å². The highest BCUT2D eigenvalue weighted by molar-refractivity contribution is 7.11. The molecule has 3 aromatic rings. The van der Waals surface area contributed by atoms with Crippen molar-refractivity contribution >= 4 is 28.1 Å². The number of hydrogen-bond acceptors (Lipinski definition) is 3. The van der Waals surface area contributed by atoms with Crippen LogP contribution in [0.25, 0.3) is 10.9 Å². The Morgan fingerprint density at radius 2 is 2.10 bits per heavy atom. The molecule has 3 rings (SSSR count). The third-order valence-corrected chi connectivity index (χ3v) is 4.62. The number of aryl methyl sites for hydroxylation is 3. The third-order valence-electron chi connectivity index (χ3n) is 3.55. The molecule has 2 heterocycles. The number of amides is 1. The largest absolute Gasteiger partial charge is 0.350 e. The van der Waals surface area contributed by atoms with Crippen LogP contribution in [0.4, 0.5) is 0 Å². The fourth-order valence-electron chi connectivity index (χ4n) is 2.52. The normalized spacial score (nSPS) is 11.0. The first-order chi connectivity index (χ1) is 10.1. The van der Waals surface area contributed by atoms with E-state index in [-0.39, 0.29) is 5.91 Å². The van der Waals surface area contributed by atoms with Gasteiger partial charge in [0, 0.05) is 29.0 Å². The zero-order valence-electron chi connectivity index (χ0n) is 12.3. The summed E-state index contributed by atoms with van der Waals surface area (Å²) >= 11 is 1.63. The van der Waals surface area contributed by atoms with Crippen LogP contribution < -0.4 is 5.32 Å². The Morgan fingerprint density at radius 3 is 2.81 bits per heavy atom. The average molecular weight is 299 g/mol. The van der Waals surface area contributed by atoms with Gasteiger partial charge in [-0.3, -0.25) is 4.79 Å². The number of nitrogens with one attached hydrogen (secondary N) is 1. The number of hydrogen-bond donors (Lipinski definition) is 1. The van der Waals surface area contributed by atoms with E-state index in [1.807, 2.05) is 55.9 Å². The van der Waals surface area contributed by atoms with Crippen LogP contribution in [0.2, 0.25) is 0 Å². The van der Waals surface area contributed by atoms with Crippen LogP contribution in [0.1, 0.15) is 25.9 Å². The van der Waals surface area contributed by atoms with Gasteiger partial charge in [-0.25, -0.2) is 4.98 Å². The Morgan fingerprint density at radius 1 is 1.33 bits per heavy atom. The van der Waals surface area contributed by atoms with Gasteiger partial charge in [0.15, 0.2) is 0 Å². The molecule has 21 heavy (non-hydrogen) atoms. The molecule has 0 aliphatic heterocycles. The van der Waals surface area contributed by atoms with Gasteiger partial charge in [0.2, 0.25) is 0 Å². The predicted octanol–water partition coefficient (Wildman–Crippen LogP) is 3.18. The molecule has 0 spiro atoms. The monoisotopic (exact) mass is 299 g/mol. The lowest BCUT2D eigenvalue weighted by Crippen LogP contribution is -2.22. The van der Waals surface area contributed by atoms with Gasteiger partial charge in [-0.15, -0.1) is 11.3 Å². The summed E-state index contributed by atoms with van der Waals surface area (Å²) in [6.07, 6.45) is 1.88. The van der Waals surface area contributed by atoms with Gasteiger partial charge in [0.25, 0.3) is 5.91 Å². The van der Waals surface area contributed by atoms with E-state index in [9.17, 15) is 4.79 Å². The highest BCUT2D eigenvalue weighted by Gasteiger charge is 2.14. The Hall–Kier alpha value is -2.14. The van der Waals surface area contributed by atoms with E-state index < -0.39 is 0 Å². The standard InChI is InChI=1S/C16H17N3OS/c1-10-15(21-11(2)18-10)8-17-16(20)13-9-19(3)14-7-5-4-6-12(13)14/h4-7,9H,8H2,1-3H3,(H,17,20). The number of thiazole rings is 1. The molecule has 2 aromatic heterocycles. The second-order valence-electron chi connectivity index (χ2n) is 5.09. The maximum absolute atomic E-state index is 12.4. The molecule has 108 valence electrons. The number of rotatable bonds is 3. The Balaban J connectivity index is 1.83. The van der Waals surface area contributed by atoms with E-state index in [0.29, 0.717) is 12.1 Å². The third kappa shape index (κ3) is 2.56.